The molecule has 0 saturated heterocycles. The topological polar surface area (TPSA) is 42.2 Å². The van der Waals surface area contributed by atoms with Gasteiger partial charge < -0.3 is 9.73 Å². The Hall–Kier alpha value is -2.00. The van der Waals surface area contributed by atoms with Crippen LogP contribution in [0.1, 0.15) is 24.5 Å². The zero-order valence-electron chi connectivity index (χ0n) is 10.8. The van der Waals surface area contributed by atoms with Crippen molar-refractivity contribution in [3.05, 3.63) is 65.2 Å². The van der Waals surface area contributed by atoms with E-state index in [1.165, 1.54) is 0 Å². The third-order valence-electron chi connectivity index (χ3n) is 3.32. The molecule has 4 heteroatoms. The first-order valence-electron chi connectivity index (χ1n) is 6.50. The van der Waals surface area contributed by atoms with Gasteiger partial charge in [0.25, 0.3) is 0 Å². The molecule has 1 aliphatic rings. The number of allylic oxidation sites excluding steroid dienone is 2. The lowest BCUT2D eigenvalue weighted by Crippen LogP contribution is -2.16. The average Bonchev–Trinajstić information content (AvgIpc) is 2.91. The lowest BCUT2D eigenvalue weighted by Gasteiger charge is -2.21. The average molecular weight is 288 g/mol. The van der Waals surface area contributed by atoms with Crippen LogP contribution in [0.15, 0.2) is 58.9 Å². The van der Waals surface area contributed by atoms with E-state index in [0.29, 0.717) is 11.4 Å². The maximum absolute atomic E-state index is 11.9. The fourth-order valence-electron chi connectivity index (χ4n) is 2.46. The summed E-state index contributed by atoms with van der Waals surface area (Å²) >= 11 is 5.96. The van der Waals surface area contributed by atoms with E-state index in [0.717, 1.165) is 23.6 Å². The molecule has 2 aromatic rings. The fourth-order valence-corrected chi connectivity index (χ4v) is 2.65. The highest BCUT2D eigenvalue weighted by Crippen LogP contribution is 2.32. The van der Waals surface area contributed by atoms with Gasteiger partial charge in [-0.3, -0.25) is 4.79 Å². The van der Waals surface area contributed by atoms with E-state index in [4.69, 9.17) is 16.0 Å². The number of carbonyl (C=O) groups excluding carboxylic acids is 1. The minimum Gasteiger partial charge on any atom is -0.469 e. The zero-order chi connectivity index (χ0) is 13.9. The Morgan fingerprint density at radius 2 is 2.10 bits per heavy atom. The summed E-state index contributed by atoms with van der Waals surface area (Å²) in [6.45, 7) is 0. The lowest BCUT2D eigenvalue weighted by atomic mass is 9.89. The molecule has 0 amide bonds. The highest BCUT2D eigenvalue weighted by molar-refractivity contribution is 6.30. The molecule has 0 aliphatic heterocycles. The maximum atomic E-state index is 11.9. The summed E-state index contributed by atoms with van der Waals surface area (Å²) in [5, 5.41) is 3.93. The Labute approximate surface area is 122 Å². The fraction of sp³-hybridized carbons (Fsp3) is 0.188. The molecule has 3 rings (SSSR count). The van der Waals surface area contributed by atoms with Crippen LogP contribution < -0.4 is 5.32 Å². The molecule has 1 N–H and O–H groups in total. The number of nitrogens with one attached hydrogen (secondary N) is 1. The largest absolute Gasteiger partial charge is 0.469 e. The molecule has 20 heavy (non-hydrogen) atoms. The van der Waals surface area contributed by atoms with E-state index in [9.17, 15) is 4.79 Å². The van der Waals surface area contributed by atoms with Crippen LogP contribution in [0, 0.1) is 0 Å². The molecule has 1 atom stereocenters. The van der Waals surface area contributed by atoms with Gasteiger partial charge in [0, 0.05) is 34.8 Å². The molecular weight excluding hydrogens is 274 g/mol. The molecule has 0 radical (unpaired) electrons. The molecule has 3 nitrogen and oxygen atoms in total. The van der Waals surface area contributed by atoms with E-state index in [-0.39, 0.29) is 11.7 Å². The first-order valence-corrected chi connectivity index (χ1v) is 6.88. The number of rotatable bonds is 3. The lowest BCUT2D eigenvalue weighted by molar-refractivity contribution is -0.115. The molecule has 0 unspecified atom stereocenters. The van der Waals surface area contributed by atoms with E-state index in [1.807, 2.05) is 36.4 Å². The van der Waals surface area contributed by atoms with E-state index < -0.39 is 0 Å². The molecule has 1 aromatic carbocycles. The molecule has 0 spiro atoms. The molecule has 0 fully saturated rings. The highest BCUT2D eigenvalue weighted by Gasteiger charge is 2.24. The Balaban J connectivity index is 1.78. The summed E-state index contributed by atoms with van der Waals surface area (Å²) in [6, 6.07) is 11.2. The third kappa shape index (κ3) is 2.94. The van der Waals surface area contributed by atoms with E-state index >= 15 is 0 Å². The van der Waals surface area contributed by atoms with Crippen LogP contribution in [0.2, 0.25) is 5.02 Å². The second-order valence-electron chi connectivity index (χ2n) is 4.89. The van der Waals surface area contributed by atoms with Gasteiger partial charge in [-0.15, -0.1) is 0 Å². The number of ketones is 1. The van der Waals surface area contributed by atoms with Crippen LogP contribution >= 0.6 is 11.6 Å². The van der Waals surface area contributed by atoms with Gasteiger partial charge >= 0.3 is 0 Å². The van der Waals surface area contributed by atoms with Crippen molar-refractivity contribution < 1.29 is 9.21 Å². The molecule has 0 saturated carbocycles. The van der Waals surface area contributed by atoms with Gasteiger partial charge in [0.2, 0.25) is 0 Å². The van der Waals surface area contributed by atoms with Crippen molar-refractivity contribution >= 4 is 23.1 Å². The molecule has 1 heterocycles. The van der Waals surface area contributed by atoms with Crippen molar-refractivity contribution in [2.45, 2.75) is 18.8 Å². The van der Waals surface area contributed by atoms with Crippen LogP contribution in [0.3, 0.4) is 0 Å². The number of carbonyl (C=O) groups is 1. The van der Waals surface area contributed by atoms with Crippen molar-refractivity contribution in [1.29, 1.82) is 0 Å². The van der Waals surface area contributed by atoms with Crippen LogP contribution in [0.5, 0.6) is 0 Å². The Morgan fingerprint density at radius 1 is 1.20 bits per heavy atom. The number of anilines is 1. The van der Waals surface area contributed by atoms with Crippen molar-refractivity contribution in [3.8, 4) is 0 Å². The number of benzene rings is 1. The van der Waals surface area contributed by atoms with Gasteiger partial charge in [-0.05, 0) is 36.8 Å². The molecule has 102 valence electrons. The van der Waals surface area contributed by atoms with Crippen molar-refractivity contribution in [1.82, 2.24) is 0 Å². The third-order valence-corrected chi connectivity index (χ3v) is 3.56. The van der Waals surface area contributed by atoms with Crippen LogP contribution in [0.25, 0.3) is 0 Å². The van der Waals surface area contributed by atoms with E-state index in [2.05, 4.69) is 5.32 Å². The Kier molecular flexibility index (Phi) is 3.61. The normalized spacial score (nSPS) is 18.8. The van der Waals surface area contributed by atoms with Gasteiger partial charge in [0.05, 0.1) is 6.26 Å². The van der Waals surface area contributed by atoms with Crippen molar-refractivity contribution in [3.63, 3.8) is 0 Å². The molecule has 0 bridgehead atoms. The zero-order valence-corrected chi connectivity index (χ0v) is 11.6. The van der Waals surface area contributed by atoms with Gasteiger partial charge in [-0.25, -0.2) is 0 Å². The van der Waals surface area contributed by atoms with Crippen LogP contribution in [-0.4, -0.2) is 5.78 Å². The number of hydrogen-bond acceptors (Lipinski definition) is 3. The summed E-state index contributed by atoms with van der Waals surface area (Å²) in [5.74, 6) is 1.07. The first-order chi connectivity index (χ1) is 9.70. The predicted octanol–water partition coefficient (Wildman–Crippen LogP) is 4.38. The van der Waals surface area contributed by atoms with Gasteiger partial charge in [-0.2, -0.15) is 0 Å². The summed E-state index contributed by atoms with van der Waals surface area (Å²) in [6.07, 6.45) is 4.56. The second kappa shape index (κ2) is 5.55. The Bertz CT molecular complexity index is 646. The van der Waals surface area contributed by atoms with Gasteiger partial charge in [0.1, 0.15) is 5.76 Å². The van der Waals surface area contributed by atoms with E-state index in [1.54, 1.807) is 12.3 Å². The Morgan fingerprint density at radius 3 is 2.85 bits per heavy atom. The summed E-state index contributed by atoms with van der Waals surface area (Å²) in [7, 11) is 0. The van der Waals surface area contributed by atoms with Gasteiger partial charge in [-0.1, -0.05) is 17.7 Å². The smallest absolute Gasteiger partial charge is 0.158 e. The van der Waals surface area contributed by atoms with Crippen LogP contribution in [-0.2, 0) is 4.79 Å². The highest BCUT2D eigenvalue weighted by atomic mass is 35.5. The first kappa shape index (κ1) is 13.0. The monoisotopic (exact) mass is 287 g/mol. The molecule has 1 aliphatic carbocycles. The minimum absolute atomic E-state index is 0.101. The summed E-state index contributed by atoms with van der Waals surface area (Å²) < 4.78 is 5.41. The van der Waals surface area contributed by atoms with Crippen molar-refractivity contribution in [2.75, 3.05) is 5.32 Å². The summed E-state index contributed by atoms with van der Waals surface area (Å²) in [5.41, 5.74) is 1.78. The van der Waals surface area contributed by atoms with Crippen molar-refractivity contribution in [2.24, 2.45) is 0 Å². The summed E-state index contributed by atoms with van der Waals surface area (Å²) in [4.78, 5) is 11.9. The molecular formula is C16H14ClNO2. The van der Waals surface area contributed by atoms with Crippen LogP contribution in [0.4, 0.5) is 5.69 Å². The quantitative estimate of drug-likeness (QED) is 0.911. The number of halogens is 1. The van der Waals surface area contributed by atoms with Gasteiger partial charge in [0.15, 0.2) is 5.78 Å². The minimum atomic E-state index is 0.101. The molecule has 1 aromatic heterocycles. The predicted molar refractivity (Wildman–Crippen MR) is 78.8 cm³/mol. The SMILES string of the molecule is O=C1C=C(Nc2cccc(Cl)c2)C[C@H](c2ccco2)C1. The number of hydrogen-bond donors (Lipinski definition) is 1. The number of furan rings is 1. The standard InChI is InChI=1S/C16H14ClNO2/c17-12-3-1-4-13(9-12)18-14-7-11(8-15(19)10-14)16-5-2-6-20-16/h1-6,9-11,18H,7-8H2/t11-/m0/s1. The second-order valence-corrected chi connectivity index (χ2v) is 5.33. The maximum Gasteiger partial charge on any atom is 0.158 e.